The van der Waals surface area contributed by atoms with E-state index in [1.807, 2.05) is 0 Å². The minimum atomic E-state index is 0.0342. The van der Waals surface area contributed by atoms with Gasteiger partial charge in [-0.05, 0) is 46.8 Å². The first kappa shape index (κ1) is 18.1. The Labute approximate surface area is 136 Å². The van der Waals surface area contributed by atoms with Crippen molar-refractivity contribution in [1.82, 2.24) is 0 Å². The average molecular weight is 362 g/mol. The van der Waals surface area contributed by atoms with Crippen molar-refractivity contribution < 1.29 is 4.74 Å². The Balaban J connectivity index is 2.61. The van der Waals surface area contributed by atoms with Crippen molar-refractivity contribution >= 4 is 27.3 Å². The summed E-state index contributed by atoms with van der Waals surface area (Å²) in [7, 11) is 0. The quantitative estimate of drug-likeness (QED) is 0.595. The van der Waals surface area contributed by atoms with Gasteiger partial charge in [-0.3, -0.25) is 0 Å². The van der Waals surface area contributed by atoms with Crippen molar-refractivity contribution in [2.45, 2.75) is 65.0 Å². The van der Waals surface area contributed by atoms with Gasteiger partial charge in [0, 0.05) is 10.9 Å². The Kier molecular flexibility index (Phi) is 9.01. The molecule has 0 aromatic carbocycles. The van der Waals surface area contributed by atoms with Gasteiger partial charge in [0.2, 0.25) is 0 Å². The highest BCUT2D eigenvalue weighted by Crippen LogP contribution is 2.32. The highest BCUT2D eigenvalue weighted by molar-refractivity contribution is 9.11. The fourth-order valence-electron chi connectivity index (χ4n) is 2.25. The molecule has 0 aliphatic heterocycles. The van der Waals surface area contributed by atoms with Gasteiger partial charge in [0.1, 0.15) is 6.10 Å². The summed E-state index contributed by atoms with van der Waals surface area (Å²) in [5, 5.41) is 0. The van der Waals surface area contributed by atoms with E-state index in [-0.39, 0.29) is 12.1 Å². The van der Waals surface area contributed by atoms with Crippen LogP contribution in [0.2, 0.25) is 0 Å². The molecule has 0 amide bonds. The highest BCUT2D eigenvalue weighted by atomic mass is 79.9. The van der Waals surface area contributed by atoms with E-state index in [0.717, 1.165) is 16.8 Å². The normalized spacial score (nSPS) is 16.1. The number of ether oxygens (including phenoxy) is 1. The summed E-state index contributed by atoms with van der Waals surface area (Å²) in [6, 6.07) is 4.28. The van der Waals surface area contributed by atoms with Gasteiger partial charge in [-0.25, -0.2) is 0 Å². The summed E-state index contributed by atoms with van der Waals surface area (Å²) >= 11 is 5.25. The second-order valence-corrected chi connectivity index (χ2v) is 7.88. The maximum atomic E-state index is 6.25. The Morgan fingerprint density at radius 1 is 1.25 bits per heavy atom. The van der Waals surface area contributed by atoms with Gasteiger partial charge < -0.3 is 10.5 Å². The molecule has 0 radical (unpaired) electrons. The number of thiophene rings is 1. The second-order valence-electron chi connectivity index (χ2n) is 5.38. The lowest BCUT2D eigenvalue weighted by Gasteiger charge is -2.25. The molecule has 0 saturated carbocycles. The van der Waals surface area contributed by atoms with E-state index < -0.39 is 0 Å². The predicted molar refractivity (Wildman–Crippen MR) is 92.3 cm³/mol. The molecular formula is C16H28BrNOS. The van der Waals surface area contributed by atoms with Gasteiger partial charge >= 0.3 is 0 Å². The number of nitrogens with two attached hydrogens (primary N) is 1. The molecule has 2 N–H and O–H groups in total. The molecule has 3 unspecified atom stereocenters. The number of unbranched alkanes of at least 4 members (excludes halogenated alkanes) is 1. The first-order valence-electron chi connectivity index (χ1n) is 7.74. The number of hydrogen-bond donors (Lipinski definition) is 1. The standard InChI is InChI=1S/C16H28BrNOS/c1-4-7-8-12(5-2)11-19-16(13(18)6-3)14-9-10-15(17)20-14/h9-10,12-13,16H,4-8,11,18H2,1-3H3. The Morgan fingerprint density at radius 3 is 2.50 bits per heavy atom. The van der Waals surface area contributed by atoms with E-state index in [1.165, 1.54) is 30.6 Å². The maximum Gasteiger partial charge on any atom is 0.107 e. The van der Waals surface area contributed by atoms with Crippen LogP contribution in [0.15, 0.2) is 15.9 Å². The van der Waals surface area contributed by atoms with E-state index in [0.29, 0.717) is 5.92 Å². The van der Waals surface area contributed by atoms with E-state index in [4.69, 9.17) is 10.5 Å². The largest absolute Gasteiger partial charge is 0.371 e. The lowest BCUT2D eigenvalue weighted by Crippen LogP contribution is -2.30. The molecule has 0 saturated heterocycles. The van der Waals surface area contributed by atoms with E-state index in [1.54, 1.807) is 11.3 Å². The molecule has 20 heavy (non-hydrogen) atoms. The summed E-state index contributed by atoms with van der Waals surface area (Å²) in [6.07, 6.45) is 5.96. The third-order valence-electron chi connectivity index (χ3n) is 3.79. The zero-order chi connectivity index (χ0) is 15.0. The van der Waals surface area contributed by atoms with Gasteiger partial charge in [-0.15, -0.1) is 11.3 Å². The van der Waals surface area contributed by atoms with Gasteiger partial charge in [0.05, 0.1) is 10.4 Å². The monoisotopic (exact) mass is 361 g/mol. The molecule has 0 aliphatic rings. The van der Waals surface area contributed by atoms with Crippen LogP contribution in [0, 0.1) is 5.92 Å². The van der Waals surface area contributed by atoms with Crippen molar-refractivity contribution in [2.75, 3.05) is 6.61 Å². The number of rotatable bonds is 10. The molecule has 1 aromatic rings. The highest BCUT2D eigenvalue weighted by Gasteiger charge is 2.22. The van der Waals surface area contributed by atoms with Crippen molar-refractivity contribution in [3.63, 3.8) is 0 Å². The van der Waals surface area contributed by atoms with Crippen LogP contribution in [-0.4, -0.2) is 12.6 Å². The maximum absolute atomic E-state index is 6.25. The summed E-state index contributed by atoms with van der Waals surface area (Å²) in [4.78, 5) is 1.23. The molecule has 1 heterocycles. The third kappa shape index (κ3) is 5.84. The predicted octanol–water partition coefficient (Wildman–Crippen LogP) is 5.52. The molecule has 1 aromatic heterocycles. The van der Waals surface area contributed by atoms with Crippen LogP contribution >= 0.6 is 27.3 Å². The van der Waals surface area contributed by atoms with Crippen LogP contribution in [0.3, 0.4) is 0 Å². The zero-order valence-electron chi connectivity index (χ0n) is 12.9. The van der Waals surface area contributed by atoms with Crippen LogP contribution in [0.4, 0.5) is 0 Å². The second kappa shape index (κ2) is 9.93. The van der Waals surface area contributed by atoms with Gasteiger partial charge in [0.15, 0.2) is 0 Å². The third-order valence-corrected chi connectivity index (χ3v) is 5.47. The summed E-state index contributed by atoms with van der Waals surface area (Å²) in [5.41, 5.74) is 6.25. The van der Waals surface area contributed by atoms with Crippen LogP contribution in [-0.2, 0) is 4.74 Å². The Hall–Kier alpha value is 0.1000. The fourth-order valence-corrected chi connectivity index (χ4v) is 3.80. The van der Waals surface area contributed by atoms with E-state index in [9.17, 15) is 0 Å². The van der Waals surface area contributed by atoms with Gasteiger partial charge in [0.25, 0.3) is 0 Å². The SMILES string of the molecule is CCCCC(CC)COC(c1ccc(Br)s1)C(N)CC. The lowest BCUT2D eigenvalue weighted by atomic mass is 10.00. The molecule has 4 heteroatoms. The fraction of sp³-hybridized carbons (Fsp3) is 0.750. The molecule has 3 atom stereocenters. The Bertz CT molecular complexity index is 369. The molecular weight excluding hydrogens is 334 g/mol. The zero-order valence-corrected chi connectivity index (χ0v) is 15.3. The van der Waals surface area contributed by atoms with Crippen LogP contribution in [0.25, 0.3) is 0 Å². The summed E-state index contributed by atoms with van der Waals surface area (Å²) in [6.45, 7) is 7.44. The first-order chi connectivity index (χ1) is 9.62. The van der Waals surface area contributed by atoms with Crippen LogP contribution in [0.1, 0.15) is 63.9 Å². The molecule has 2 nitrogen and oxygen atoms in total. The Morgan fingerprint density at radius 2 is 2.00 bits per heavy atom. The van der Waals surface area contributed by atoms with Crippen LogP contribution < -0.4 is 5.73 Å². The molecule has 0 aliphatic carbocycles. The molecule has 0 bridgehead atoms. The van der Waals surface area contributed by atoms with Crippen molar-refractivity contribution in [1.29, 1.82) is 0 Å². The minimum absolute atomic E-state index is 0.0342. The lowest BCUT2D eigenvalue weighted by molar-refractivity contribution is 0.0108. The molecule has 116 valence electrons. The molecule has 1 rings (SSSR count). The average Bonchev–Trinajstić information content (AvgIpc) is 2.88. The summed E-state index contributed by atoms with van der Waals surface area (Å²) < 4.78 is 7.35. The van der Waals surface area contributed by atoms with Gasteiger partial charge in [-0.1, -0.05) is 40.0 Å². The van der Waals surface area contributed by atoms with Crippen molar-refractivity contribution in [2.24, 2.45) is 11.7 Å². The number of halogens is 1. The first-order valence-corrected chi connectivity index (χ1v) is 9.35. The smallest absolute Gasteiger partial charge is 0.107 e. The minimum Gasteiger partial charge on any atom is -0.371 e. The molecule has 0 fully saturated rings. The molecule has 0 spiro atoms. The number of hydrogen-bond acceptors (Lipinski definition) is 3. The van der Waals surface area contributed by atoms with E-state index >= 15 is 0 Å². The van der Waals surface area contributed by atoms with Crippen molar-refractivity contribution in [3.05, 3.63) is 20.8 Å². The van der Waals surface area contributed by atoms with Crippen LogP contribution in [0.5, 0.6) is 0 Å². The van der Waals surface area contributed by atoms with Gasteiger partial charge in [-0.2, -0.15) is 0 Å². The van der Waals surface area contributed by atoms with E-state index in [2.05, 4.69) is 48.8 Å². The topological polar surface area (TPSA) is 35.2 Å². The summed E-state index contributed by atoms with van der Waals surface area (Å²) in [5.74, 6) is 0.657. The van der Waals surface area contributed by atoms with Crippen molar-refractivity contribution in [3.8, 4) is 0 Å².